The molecule has 0 aromatic heterocycles. The van der Waals surface area contributed by atoms with E-state index >= 15 is 0 Å². The second-order valence-corrected chi connectivity index (χ2v) is 4.98. The Labute approximate surface area is 131 Å². The molecule has 0 saturated carbocycles. The number of nitrogens with zero attached hydrogens (tertiary/aromatic N) is 1. The molecule has 0 aliphatic carbocycles. The molecule has 2 N–H and O–H groups in total. The SMILES string of the molecule is COC(=O)C1=C(Nc2cc(F)cc(F)c2C)C(=O)N(CCO)C1. The van der Waals surface area contributed by atoms with Gasteiger partial charge in [-0.25, -0.2) is 13.6 Å². The largest absolute Gasteiger partial charge is 0.466 e. The number of nitrogens with one attached hydrogen (secondary N) is 1. The molecule has 0 unspecified atom stereocenters. The van der Waals surface area contributed by atoms with E-state index in [0.29, 0.717) is 0 Å². The van der Waals surface area contributed by atoms with Crippen molar-refractivity contribution in [2.45, 2.75) is 6.92 Å². The van der Waals surface area contributed by atoms with Crippen LogP contribution in [0.1, 0.15) is 5.56 Å². The molecule has 124 valence electrons. The topological polar surface area (TPSA) is 78.9 Å². The van der Waals surface area contributed by atoms with E-state index in [0.717, 1.165) is 12.1 Å². The van der Waals surface area contributed by atoms with Gasteiger partial charge in [-0.1, -0.05) is 0 Å². The molecule has 1 aliphatic heterocycles. The molecule has 0 fully saturated rings. The maximum atomic E-state index is 13.6. The van der Waals surface area contributed by atoms with E-state index in [9.17, 15) is 18.4 Å². The fourth-order valence-corrected chi connectivity index (χ4v) is 2.26. The number of benzene rings is 1. The maximum absolute atomic E-state index is 13.6. The van der Waals surface area contributed by atoms with E-state index in [1.807, 2.05) is 0 Å². The van der Waals surface area contributed by atoms with Gasteiger partial charge in [-0.2, -0.15) is 0 Å². The molecule has 1 aromatic carbocycles. The summed E-state index contributed by atoms with van der Waals surface area (Å²) >= 11 is 0. The van der Waals surface area contributed by atoms with Gasteiger partial charge in [-0.15, -0.1) is 0 Å². The highest BCUT2D eigenvalue weighted by molar-refractivity contribution is 6.08. The number of aliphatic hydroxyl groups is 1. The summed E-state index contributed by atoms with van der Waals surface area (Å²) in [5.41, 5.74) is 0.0723. The number of ether oxygens (including phenoxy) is 1. The van der Waals surface area contributed by atoms with Gasteiger partial charge in [0.05, 0.1) is 25.8 Å². The molecule has 0 radical (unpaired) electrons. The molecule has 0 atom stereocenters. The van der Waals surface area contributed by atoms with Gasteiger partial charge in [0.2, 0.25) is 0 Å². The summed E-state index contributed by atoms with van der Waals surface area (Å²) in [5, 5.41) is 11.6. The van der Waals surface area contributed by atoms with Gasteiger partial charge in [0.15, 0.2) is 0 Å². The minimum atomic E-state index is -0.812. The van der Waals surface area contributed by atoms with Crippen molar-refractivity contribution in [2.75, 3.05) is 32.1 Å². The molecule has 2 rings (SSSR count). The van der Waals surface area contributed by atoms with Crippen molar-refractivity contribution >= 4 is 17.6 Å². The van der Waals surface area contributed by atoms with E-state index in [4.69, 9.17) is 5.11 Å². The van der Waals surface area contributed by atoms with Crippen LogP contribution in [0.2, 0.25) is 0 Å². The second-order valence-electron chi connectivity index (χ2n) is 4.98. The number of rotatable bonds is 5. The van der Waals surface area contributed by atoms with Gasteiger partial charge in [0.25, 0.3) is 5.91 Å². The monoisotopic (exact) mass is 326 g/mol. The number of hydrogen-bond acceptors (Lipinski definition) is 5. The van der Waals surface area contributed by atoms with Crippen LogP contribution in [0.25, 0.3) is 0 Å². The smallest absolute Gasteiger partial charge is 0.337 e. The number of carbonyl (C=O) groups is 2. The fourth-order valence-electron chi connectivity index (χ4n) is 2.26. The molecular weight excluding hydrogens is 310 g/mol. The minimum Gasteiger partial charge on any atom is -0.466 e. The molecule has 6 nitrogen and oxygen atoms in total. The number of aliphatic hydroxyl groups excluding tert-OH is 1. The van der Waals surface area contributed by atoms with E-state index in [1.54, 1.807) is 0 Å². The Balaban J connectivity index is 2.41. The summed E-state index contributed by atoms with van der Waals surface area (Å²) in [6, 6.07) is 1.76. The van der Waals surface area contributed by atoms with Crippen LogP contribution in [0, 0.1) is 18.6 Å². The zero-order chi connectivity index (χ0) is 17.1. The third kappa shape index (κ3) is 3.31. The fraction of sp³-hybridized carbons (Fsp3) is 0.333. The highest BCUT2D eigenvalue weighted by Crippen LogP contribution is 2.26. The van der Waals surface area contributed by atoms with Crippen LogP contribution in [-0.4, -0.2) is 48.7 Å². The molecule has 1 amide bonds. The number of hydrogen-bond donors (Lipinski definition) is 2. The lowest BCUT2D eigenvalue weighted by atomic mass is 10.1. The normalized spacial score (nSPS) is 14.5. The summed E-state index contributed by atoms with van der Waals surface area (Å²) in [5.74, 6) is -2.86. The molecule has 8 heteroatoms. The summed E-state index contributed by atoms with van der Waals surface area (Å²) in [7, 11) is 1.17. The Morgan fingerprint density at radius 2 is 2.13 bits per heavy atom. The molecule has 1 aliphatic rings. The van der Waals surface area contributed by atoms with Crippen LogP contribution in [0.5, 0.6) is 0 Å². The van der Waals surface area contributed by atoms with Crippen molar-refractivity contribution in [3.8, 4) is 0 Å². The summed E-state index contributed by atoms with van der Waals surface area (Å²) < 4.78 is 31.6. The number of methoxy groups -OCH3 is 1. The first kappa shape index (κ1) is 16.9. The van der Waals surface area contributed by atoms with Crippen molar-refractivity contribution in [3.05, 3.63) is 40.6 Å². The Kier molecular flexibility index (Phi) is 4.95. The van der Waals surface area contributed by atoms with E-state index in [1.165, 1.54) is 18.9 Å². The molecule has 0 saturated heterocycles. The lowest BCUT2D eigenvalue weighted by Crippen LogP contribution is -2.31. The average molecular weight is 326 g/mol. The molecule has 23 heavy (non-hydrogen) atoms. The molecule has 0 bridgehead atoms. The van der Waals surface area contributed by atoms with Gasteiger partial charge < -0.3 is 20.1 Å². The van der Waals surface area contributed by atoms with E-state index in [2.05, 4.69) is 10.1 Å². The highest BCUT2D eigenvalue weighted by atomic mass is 19.1. The van der Waals surface area contributed by atoms with Crippen LogP contribution in [0.3, 0.4) is 0 Å². The van der Waals surface area contributed by atoms with E-state index < -0.39 is 23.5 Å². The van der Waals surface area contributed by atoms with Crippen LogP contribution >= 0.6 is 0 Å². The zero-order valence-corrected chi connectivity index (χ0v) is 12.7. The van der Waals surface area contributed by atoms with Gasteiger partial charge in [-0.05, 0) is 13.0 Å². The standard InChI is InChI=1S/C15H16F2N2O4/c1-8-11(17)5-9(16)6-12(8)18-13-10(15(22)23-2)7-19(3-4-20)14(13)21/h5-6,18,20H,3-4,7H2,1-2H3. The van der Waals surface area contributed by atoms with Crippen LogP contribution in [0.4, 0.5) is 14.5 Å². The third-order valence-electron chi connectivity index (χ3n) is 3.52. The quantitative estimate of drug-likeness (QED) is 0.788. The number of β-amino-alcohol motifs (C(OH)–C–C–N with tert-alkyl or cyclic N) is 1. The van der Waals surface area contributed by atoms with E-state index in [-0.39, 0.29) is 42.2 Å². The lowest BCUT2D eigenvalue weighted by Gasteiger charge is -2.15. The lowest BCUT2D eigenvalue weighted by molar-refractivity contribution is -0.136. The van der Waals surface area contributed by atoms with Gasteiger partial charge >= 0.3 is 5.97 Å². The van der Waals surface area contributed by atoms with Crippen molar-refractivity contribution in [2.24, 2.45) is 0 Å². The van der Waals surface area contributed by atoms with Crippen molar-refractivity contribution in [3.63, 3.8) is 0 Å². The number of amides is 1. The summed E-state index contributed by atoms with van der Waals surface area (Å²) in [6.07, 6.45) is 0. The first-order valence-corrected chi connectivity index (χ1v) is 6.83. The van der Waals surface area contributed by atoms with Gasteiger partial charge in [0, 0.05) is 23.9 Å². The highest BCUT2D eigenvalue weighted by Gasteiger charge is 2.34. The predicted molar refractivity (Wildman–Crippen MR) is 77.4 cm³/mol. The zero-order valence-electron chi connectivity index (χ0n) is 12.7. The molecule has 1 aromatic rings. The average Bonchev–Trinajstić information content (AvgIpc) is 2.81. The Bertz CT molecular complexity index is 688. The van der Waals surface area contributed by atoms with Crippen molar-refractivity contribution < 1.29 is 28.2 Å². The Morgan fingerprint density at radius 3 is 2.74 bits per heavy atom. The van der Waals surface area contributed by atoms with Gasteiger partial charge in [0.1, 0.15) is 17.3 Å². The third-order valence-corrected chi connectivity index (χ3v) is 3.52. The second kappa shape index (κ2) is 6.74. The number of halogens is 2. The van der Waals surface area contributed by atoms with Crippen LogP contribution in [0.15, 0.2) is 23.4 Å². The number of anilines is 1. The maximum Gasteiger partial charge on any atom is 0.337 e. The first-order valence-electron chi connectivity index (χ1n) is 6.83. The van der Waals surface area contributed by atoms with Crippen molar-refractivity contribution in [1.82, 2.24) is 4.90 Å². The summed E-state index contributed by atoms with van der Waals surface area (Å²) in [4.78, 5) is 25.4. The Hall–Kier alpha value is -2.48. The first-order chi connectivity index (χ1) is 10.9. The minimum absolute atomic E-state index is 0.0288. The number of carbonyl (C=O) groups excluding carboxylic acids is 2. The van der Waals surface area contributed by atoms with Crippen LogP contribution in [-0.2, 0) is 14.3 Å². The number of esters is 1. The van der Waals surface area contributed by atoms with Gasteiger partial charge in [-0.3, -0.25) is 4.79 Å². The van der Waals surface area contributed by atoms with Crippen LogP contribution < -0.4 is 5.32 Å². The molecule has 1 heterocycles. The summed E-state index contributed by atoms with van der Waals surface area (Å²) in [6.45, 7) is 1.12. The van der Waals surface area contributed by atoms with Crippen molar-refractivity contribution in [1.29, 1.82) is 0 Å². The predicted octanol–water partition coefficient (Wildman–Crippen LogP) is 0.947. The molecular formula is C15H16F2N2O4. The molecule has 0 spiro atoms. The Morgan fingerprint density at radius 1 is 1.43 bits per heavy atom.